The highest BCUT2D eigenvalue weighted by atomic mass is 32.1. The zero-order valence-corrected chi connectivity index (χ0v) is 10.4. The van der Waals surface area contributed by atoms with Crippen molar-refractivity contribution in [3.63, 3.8) is 0 Å². The van der Waals surface area contributed by atoms with Crippen LogP contribution in [0.3, 0.4) is 0 Å². The van der Waals surface area contributed by atoms with Crippen LogP contribution in [0.2, 0.25) is 0 Å². The molecule has 0 N–H and O–H groups in total. The Hall–Kier alpha value is -0.710. The fraction of sp³-hybridized carbons (Fsp3) is 0.583. The standard InChI is InChI=1S/C12H18O3S/c1-2-3-6-14-7-8-15-10-11(13)12-5-4-9-16-12/h4-5,9H,2-3,6-8,10H2,1H3. The lowest BCUT2D eigenvalue weighted by molar-refractivity contribution is 0.0434. The third kappa shape index (κ3) is 5.39. The van der Waals surface area contributed by atoms with Crippen molar-refractivity contribution in [3.05, 3.63) is 22.4 Å². The molecule has 0 atom stereocenters. The van der Waals surface area contributed by atoms with Gasteiger partial charge in [-0.1, -0.05) is 19.4 Å². The molecule has 0 spiro atoms. The Morgan fingerprint density at radius 1 is 1.31 bits per heavy atom. The summed E-state index contributed by atoms with van der Waals surface area (Å²) in [5, 5.41) is 1.89. The number of carbonyl (C=O) groups is 1. The summed E-state index contributed by atoms with van der Waals surface area (Å²) in [6, 6.07) is 3.68. The van der Waals surface area contributed by atoms with Crippen LogP contribution in [0.4, 0.5) is 0 Å². The highest BCUT2D eigenvalue weighted by molar-refractivity contribution is 7.12. The largest absolute Gasteiger partial charge is 0.379 e. The summed E-state index contributed by atoms with van der Waals surface area (Å²) < 4.78 is 10.5. The van der Waals surface area contributed by atoms with Crippen molar-refractivity contribution in [1.82, 2.24) is 0 Å². The molecular formula is C12H18O3S. The van der Waals surface area contributed by atoms with Crippen molar-refractivity contribution in [3.8, 4) is 0 Å². The number of unbranched alkanes of at least 4 members (excludes halogenated alkanes) is 1. The summed E-state index contributed by atoms with van der Waals surface area (Å²) in [5.74, 6) is 0.0450. The van der Waals surface area contributed by atoms with E-state index in [4.69, 9.17) is 9.47 Å². The Labute approximate surface area is 100 Å². The van der Waals surface area contributed by atoms with E-state index >= 15 is 0 Å². The van der Waals surface area contributed by atoms with Crippen LogP contribution < -0.4 is 0 Å². The quantitative estimate of drug-likeness (QED) is 0.493. The Kier molecular flexibility index (Phi) is 7.05. The van der Waals surface area contributed by atoms with E-state index in [0.29, 0.717) is 13.2 Å². The normalized spacial score (nSPS) is 10.6. The molecule has 0 saturated carbocycles. The van der Waals surface area contributed by atoms with E-state index in [0.717, 1.165) is 24.3 Å². The highest BCUT2D eigenvalue weighted by Gasteiger charge is 2.05. The van der Waals surface area contributed by atoms with Gasteiger partial charge in [-0.3, -0.25) is 4.79 Å². The summed E-state index contributed by atoms with van der Waals surface area (Å²) in [5.41, 5.74) is 0. The molecular weight excluding hydrogens is 224 g/mol. The Bertz CT molecular complexity index is 282. The highest BCUT2D eigenvalue weighted by Crippen LogP contribution is 2.09. The Balaban J connectivity index is 1.97. The summed E-state index contributed by atoms with van der Waals surface area (Å²) in [7, 11) is 0. The summed E-state index contributed by atoms with van der Waals surface area (Å²) in [4.78, 5) is 12.2. The second-order valence-electron chi connectivity index (χ2n) is 3.42. The molecule has 0 radical (unpaired) electrons. The molecule has 0 unspecified atom stereocenters. The van der Waals surface area contributed by atoms with Crippen molar-refractivity contribution in [2.75, 3.05) is 26.4 Å². The van der Waals surface area contributed by atoms with E-state index in [1.54, 1.807) is 0 Å². The number of rotatable bonds is 9. The van der Waals surface area contributed by atoms with Crippen molar-refractivity contribution >= 4 is 17.1 Å². The molecule has 0 aliphatic rings. The fourth-order valence-electron chi connectivity index (χ4n) is 1.14. The van der Waals surface area contributed by atoms with E-state index in [9.17, 15) is 4.79 Å². The first kappa shape index (κ1) is 13.4. The molecule has 0 aliphatic heterocycles. The fourth-order valence-corrected chi connectivity index (χ4v) is 1.79. The minimum Gasteiger partial charge on any atom is -0.379 e. The second kappa shape index (κ2) is 8.44. The van der Waals surface area contributed by atoms with Crippen LogP contribution in [0.15, 0.2) is 17.5 Å². The summed E-state index contributed by atoms with van der Waals surface area (Å²) in [6.45, 7) is 4.11. The number of hydrogen-bond donors (Lipinski definition) is 0. The maximum Gasteiger partial charge on any atom is 0.198 e. The monoisotopic (exact) mass is 242 g/mol. The van der Waals surface area contributed by atoms with Crippen LogP contribution in [0, 0.1) is 0 Å². The molecule has 90 valence electrons. The number of thiophene rings is 1. The average molecular weight is 242 g/mol. The van der Waals surface area contributed by atoms with Gasteiger partial charge in [-0.15, -0.1) is 11.3 Å². The van der Waals surface area contributed by atoms with Crippen molar-refractivity contribution < 1.29 is 14.3 Å². The molecule has 1 aromatic heterocycles. The SMILES string of the molecule is CCCCOCCOCC(=O)c1cccs1. The minimum atomic E-state index is 0.0450. The maximum absolute atomic E-state index is 11.5. The molecule has 1 rings (SSSR count). The molecule has 1 aromatic rings. The summed E-state index contributed by atoms with van der Waals surface area (Å²) >= 11 is 1.45. The van der Waals surface area contributed by atoms with Gasteiger partial charge in [-0.25, -0.2) is 0 Å². The zero-order valence-electron chi connectivity index (χ0n) is 9.61. The average Bonchev–Trinajstić information content (AvgIpc) is 2.81. The Morgan fingerprint density at radius 3 is 2.81 bits per heavy atom. The van der Waals surface area contributed by atoms with Crippen LogP contribution >= 0.6 is 11.3 Å². The zero-order chi connectivity index (χ0) is 11.6. The van der Waals surface area contributed by atoms with Crippen LogP contribution in [0.1, 0.15) is 29.4 Å². The lowest BCUT2D eigenvalue weighted by Crippen LogP contribution is -2.11. The number of carbonyl (C=O) groups excluding carboxylic acids is 1. The molecule has 0 bridgehead atoms. The van der Waals surface area contributed by atoms with E-state index < -0.39 is 0 Å². The lowest BCUT2D eigenvalue weighted by Gasteiger charge is -2.04. The molecule has 0 fully saturated rings. The van der Waals surface area contributed by atoms with Gasteiger partial charge in [0.1, 0.15) is 6.61 Å². The van der Waals surface area contributed by atoms with Crippen LogP contribution in [-0.4, -0.2) is 32.2 Å². The van der Waals surface area contributed by atoms with Gasteiger partial charge < -0.3 is 9.47 Å². The number of Topliss-reactive ketones (excluding diaryl/α,β-unsaturated/α-hetero) is 1. The first-order chi connectivity index (χ1) is 7.84. The third-order valence-electron chi connectivity index (χ3n) is 2.04. The van der Waals surface area contributed by atoms with E-state index in [-0.39, 0.29) is 12.4 Å². The third-order valence-corrected chi connectivity index (χ3v) is 2.95. The number of hydrogen-bond acceptors (Lipinski definition) is 4. The minimum absolute atomic E-state index is 0.0450. The van der Waals surface area contributed by atoms with Gasteiger partial charge in [-0.2, -0.15) is 0 Å². The molecule has 1 heterocycles. The Morgan fingerprint density at radius 2 is 2.12 bits per heavy atom. The van der Waals surface area contributed by atoms with Crippen LogP contribution in [-0.2, 0) is 9.47 Å². The van der Waals surface area contributed by atoms with Crippen molar-refractivity contribution in [2.24, 2.45) is 0 Å². The van der Waals surface area contributed by atoms with Gasteiger partial charge in [-0.05, 0) is 17.9 Å². The molecule has 0 aromatic carbocycles. The molecule has 0 aliphatic carbocycles. The molecule has 4 heteroatoms. The van der Waals surface area contributed by atoms with Crippen molar-refractivity contribution in [1.29, 1.82) is 0 Å². The van der Waals surface area contributed by atoms with Gasteiger partial charge in [0.25, 0.3) is 0 Å². The van der Waals surface area contributed by atoms with Gasteiger partial charge in [0.2, 0.25) is 0 Å². The molecule has 0 saturated heterocycles. The van der Waals surface area contributed by atoms with Gasteiger partial charge in [0.15, 0.2) is 5.78 Å². The first-order valence-electron chi connectivity index (χ1n) is 5.56. The van der Waals surface area contributed by atoms with Gasteiger partial charge in [0, 0.05) is 6.61 Å². The second-order valence-corrected chi connectivity index (χ2v) is 4.37. The van der Waals surface area contributed by atoms with Gasteiger partial charge >= 0.3 is 0 Å². The van der Waals surface area contributed by atoms with Crippen molar-refractivity contribution in [2.45, 2.75) is 19.8 Å². The topological polar surface area (TPSA) is 35.5 Å². The smallest absolute Gasteiger partial charge is 0.198 e. The lowest BCUT2D eigenvalue weighted by atomic mass is 10.3. The summed E-state index contributed by atoms with van der Waals surface area (Å²) in [6.07, 6.45) is 2.21. The van der Waals surface area contributed by atoms with E-state index in [1.807, 2.05) is 17.5 Å². The van der Waals surface area contributed by atoms with Crippen LogP contribution in [0.5, 0.6) is 0 Å². The number of ketones is 1. The van der Waals surface area contributed by atoms with Crippen LogP contribution in [0.25, 0.3) is 0 Å². The maximum atomic E-state index is 11.5. The molecule has 16 heavy (non-hydrogen) atoms. The van der Waals surface area contributed by atoms with E-state index in [1.165, 1.54) is 11.3 Å². The molecule has 3 nitrogen and oxygen atoms in total. The predicted molar refractivity (Wildman–Crippen MR) is 65.2 cm³/mol. The van der Waals surface area contributed by atoms with Gasteiger partial charge in [0.05, 0.1) is 18.1 Å². The first-order valence-corrected chi connectivity index (χ1v) is 6.44. The molecule has 0 amide bonds. The predicted octanol–water partition coefficient (Wildman–Crippen LogP) is 2.76. The van der Waals surface area contributed by atoms with E-state index in [2.05, 4.69) is 6.92 Å². The number of ether oxygens (including phenoxy) is 2.